The average molecular weight is 215 g/mol. The highest BCUT2D eigenvalue weighted by atomic mass is 32.2. The summed E-state index contributed by atoms with van der Waals surface area (Å²) >= 11 is 2.03. The molecule has 0 bridgehead atoms. The summed E-state index contributed by atoms with van der Waals surface area (Å²) in [6, 6.07) is 0. The molecule has 0 aromatic heterocycles. The summed E-state index contributed by atoms with van der Waals surface area (Å²) < 4.78 is 5.29. The monoisotopic (exact) mass is 215 g/mol. The standard InChI is InChI=1S/C10H17NO2S/c1-10(7-11-9(12)13-10)6-8-2-4-14-5-3-8/h8H,2-7H2,1H3,(H,11,12). The summed E-state index contributed by atoms with van der Waals surface area (Å²) in [5.74, 6) is 3.28. The Labute approximate surface area is 89.0 Å². The second-order valence-electron chi connectivity index (χ2n) is 4.45. The van der Waals surface area contributed by atoms with Gasteiger partial charge < -0.3 is 10.1 Å². The molecule has 0 aliphatic carbocycles. The lowest BCUT2D eigenvalue weighted by Crippen LogP contribution is -2.33. The number of alkyl carbamates (subject to hydrolysis) is 1. The largest absolute Gasteiger partial charge is 0.441 e. The van der Waals surface area contributed by atoms with Crippen molar-refractivity contribution in [2.75, 3.05) is 18.1 Å². The smallest absolute Gasteiger partial charge is 0.407 e. The minimum absolute atomic E-state index is 0.246. The fourth-order valence-corrected chi connectivity index (χ4v) is 3.43. The van der Waals surface area contributed by atoms with Gasteiger partial charge in [0.05, 0.1) is 6.54 Å². The van der Waals surface area contributed by atoms with Crippen LogP contribution in [0, 0.1) is 5.92 Å². The van der Waals surface area contributed by atoms with Gasteiger partial charge in [-0.15, -0.1) is 0 Å². The normalized spacial score (nSPS) is 33.9. The third-order valence-corrected chi connectivity index (χ3v) is 4.06. The van der Waals surface area contributed by atoms with Gasteiger partial charge in [0.15, 0.2) is 0 Å². The Morgan fingerprint density at radius 1 is 1.57 bits per heavy atom. The summed E-state index contributed by atoms with van der Waals surface area (Å²) in [6.07, 6.45) is 3.32. The first-order chi connectivity index (χ1) is 6.68. The van der Waals surface area contributed by atoms with Crippen LogP contribution in [0.15, 0.2) is 0 Å². The zero-order valence-corrected chi connectivity index (χ0v) is 9.36. The molecule has 2 saturated heterocycles. The van der Waals surface area contributed by atoms with Crippen molar-refractivity contribution in [3.8, 4) is 0 Å². The molecule has 2 heterocycles. The molecule has 2 fully saturated rings. The predicted octanol–water partition coefficient (Wildman–Crippen LogP) is 2.02. The maximum absolute atomic E-state index is 11.0. The molecular formula is C10H17NO2S. The lowest BCUT2D eigenvalue weighted by Gasteiger charge is -2.29. The number of amides is 1. The van der Waals surface area contributed by atoms with Crippen molar-refractivity contribution >= 4 is 17.9 Å². The van der Waals surface area contributed by atoms with Gasteiger partial charge in [-0.05, 0) is 43.6 Å². The summed E-state index contributed by atoms with van der Waals surface area (Å²) in [5, 5.41) is 2.73. The van der Waals surface area contributed by atoms with Crippen molar-refractivity contribution in [1.82, 2.24) is 5.32 Å². The minimum Gasteiger partial charge on any atom is -0.441 e. The van der Waals surface area contributed by atoms with Gasteiger partial charge >= 0.3 is 6.09 Å². The van der Waals surface area contributed by atoms with Crippen LogP contribution in [0.1, 0.15) is 26.2 Å². The molecule has 0 radical (unpaired) electrons. The van der Waals surface area contributed by atoms with E-state index in [4.69, 9.17) is 4.74 Å². The number of carbonyl (C=O) groups excluding carboxylic acids is 1. The SMILES string of the molecule is CC1(CC2CCSCC2)CNC(=O)O1. The molecule has 1 unspecified atom stereocenters. The van der Waals surface area contributed by atoms with Crippen LogP contribution in [-0.4, -0.2) is 29.7 Å². The third kappa shape index (κ3) is 2.35. The number of rotatable bonds is 2. The second-order valence-corrected chi connectivity index (χ2v) is 5.68. The van der Waals surface area contributed by atoms with Crippen LogP contribution >= 0.6 is 11.8 Å². The molecule has 14 heavy (non-hydrogen) atoms. The number of cyclic esters (lactones) is 1. The summed E-state index contributed by atoms with van der Waals surface area (Å²) in [5.41, 5.74) is -0.246. The van der Waals surface area contributed by atoms with E-state index in [1.165, 1.54) is 24.3 Å². The van der Waals surface area contributed by atoms with Crippen molar-refractivity contribution < 1.29 is 9.53 Å². The van der Waals surface area contributed by atoms with E-state index in [1.807, 2.05) is 18.7 Å². The zero-order chi connectivity index (χ0) is 10.0. The van der Waals surface area contributed by atoms with E-state index in [2.05, 4.69) is 5.32 Å². The fraction of sp³-hybridized carbons (Fsp3) is 0.900. The molecule has 0 saturated carbocycles. The van der Waals surface area contributed by atoms with E-state index >= 15 is 0 Å². The van der Waals surface area contributed by atoms with Crippen molar-refractivity contribution in [3.05, 3.63) is 0 Å². The molecule has 1 N–H and O–H groups in total. The fourth-order valence-electron chi connectivity index (χ4n) is 2.23. The maximum atomic E-state index is 11.0. The van der Waals surface area contributed by atoms with Gasteiger partial charge in [-0.25, -0.2) is 4.79 Å². The minimum atomic E-state index is -0.252. The molecule has 80 valence electrons. The maximum Gasteiger partial charge on any atom is 0.407 e. The quantitative estimate of drug-likeness (QED) is 0.766. The molecule has 4 heteroatoms. The van der Waals surface area contributed by atoms with Crippen LogP contribution in [-0.2, 0) is 4.74 Å². The van der Waals surface area contributed by atoms with E-state index in [0.29, 0.717) is 6.54 Å². The van der Waals surface area contributed by atoms with Crippen molar-refractivity contribution in [1.29, 1.82) is 0 Å². The van der Waals surface area contributed by atoms with E-state index < -0.39 is 0 Å². The first-order valence-corrected chi connectivity index (χ1v) is 6.38. The Hall–Kier alpha value is -0.380. The zero-order valence-electron chi connectivity index (χ0n) is 8.54. The number of hydrogen-bond acceptors (Lipinski definition) is 3. The number of nitrogens with one attached hydrogen (secondary N) is 1. The van der Waals surface area contributed by atoms with Crippen molar-refractivity contribution in [2.45, 2.75) is 31.8 Å². The molecule has 2 aliphatic heterocycles. The molecule has 0 aromatic rings. The van der Waals surface area contributed by atoms with Crippen molar-refractivity contribution in [2.24, 2.45) is 5.92 Å². The van der Waals surface area contributed by atoms with E-state index in [0.717, 1.165) is 12.3 Å². The first-order valence-electron chi connectivity index (χ1n) is 5.23. The van der Waals surface area contributed by atoms with Gasteiger partial charge in [0.1, 0.15) is 5.60 Å². The highest BCUT2D eigenvalue weighted by Gasteiger charge is 2.37. The van der Waals surface area contributed by atoms with Crippen LogP contribution in [0.2, 0.25) is 0 Å². The van der Waals surface area contributed by atoms with Gasteiger partial charge in [0, 0.05) is 0 Å². The van der Waals surface area contributed by atoms with E-state index in [9.17, 15) is 4.79 Å². The van der Waals surface area contributed by atoms with E-state index in [-0.39, 0.29) is 11.7 Å². The molecule has 2 aliphatic rings. The van der Waals surface area contributed by atoms with Crippen LogP contribution in [0.25, 0.3) is 0 Å². The molecule has 0 spiro atoms. The number of hydrogen-bond donors (Lipinski definition) is 1. The van der Waals surface area contributed by atoms with Crippen LogP contribution in [0.5, 0.6) is 0 Å². The Morgan fingerprint density at radius 2 is 2.29 bits per heavy atom. The molecule has 0 aromatic carbocycles. The predicted molar refractivity (Wildman–Crippen MR) is 57.6 cm³/mol. The highest BCUT2D eigenvalue weighted by Crippen LogP contribution is 2.32. The third-order valence-electron chi connectivity index (χ3n) is 3.01. The van der Waals surface area contributed by atoms with Gasteiger partial charge in [0.25, 0.3) is 0 Å². The lowest BCUT2D eigenvalue weighted by atomic mass is 9.88. The first kappa shape index (κ1) is 10.1. The number of carbonyl (C=O) groups is 1. The van der Waals surface area contributed by atoms with Gasteiger partial charge in [-0.1, -0.05) is 0 Å². The molecule has 3 nitrogen and oxygen atoms in total. The Bertz CT molecular complexity index is 228. The molecule has 2 rings (SSSR count). The van der Waals surface area contributed by atoms with Crippen LogP contribution in [0.4, 0.5) is 4.79 Å². The summed E-state index contributed by atoms with van der Waals surface area (Å²) in [6.45, 7) is 2.71. The summed E-state index contributed by atoms with van der Waals surface area (Å²) in [4.78, 5) is 11.0. The Morgan fingerprint density at radius 3 is 2.86 bits per heavy atom. The second kappa shape index (κ2) is 4.01. The van der Waals surface area contributed by atoms with Gasteiger partial charge in [-0.2, -0.15) is 11.8 Å². The van der Waals surface area contributed by atoms with Crippen LogP contribution < -0.4 is 5.32 Å². The molecule has 1 amide bonds. The Balaban J connectivity index is 1.86. The molecule has 1 atom stereocenters. The lowest BCUT2D eigenvalue weighted by molar-refractivity contribution is 0.0497. The van der Waals surface area contributed by atoms with Gasteiger partial charge in [0.2, 0.25) is 0 Å². The van der Waals surface area contributed by atoms with Crippen molar-refractivity contribution in [3.63, 3.8) is 0 Å². The van der Waals surface area contributed by atoms with Crippen LogP contribution in [0.3, 0.4) is 0 Å². The highest BCUT2D eigenvalue weighted by molar-refractivity contribution is 7.99. The number of thioether (sulfide) groups is 1. The topological polar surface area (TPSA) is 38.3 Å². The van der Waals surface area contributed by atoms with Gasteiger partial charge in [-0.3, -0.25) is 0 Å². The Kier molecular flexibility index (Phi) is 2.91. The summed E-state index contributed by atoms with van der Waals surface area (Å²) in [7, 11) is 0. The molecular weight excluding hydrogens is 198 g/mol. The number of ether oxygens (including phenoxy) is 1. The van der Waals surface area contributed by atoms with E-state index in [1.54, 1.807) is 0 Å². The average Bonchev–Trinajstić information content (AvgIpc) is 2.47.